The van der Waals surface area contributed by atoms with Gasteiger partial charge in [-0.25, -0.2) is 0 Å². The van der Waals surface area contributed by atoms with Gasteiger partial charge in [0, 0.05) is 0 Å². The monoisotopic (exact) mass is 147 g/mol. The minimum atomic E-state index is 0. The first-order chi connectivity index (χ1) is 0. The van der Waals surface area contributed by atoms with E-state index >= 15 is 0 Å². The van der Waals surface area contributed by atoms with Gasteiger partial charge in [0.15, 0.2) is 0 Å². The first-order valence-corrected chi connectivity index (χ1v) is 0. The number of hydrogen-bond acceptors (Lipinski definition) is 1. The molecule has 0 saturated heterocycles. The van der Waals surface area contributed by atoms with Crippen LogP contribution in [0.2, 0.25) is 0 Å². The molecular formula is H3FeNNiO+2. The predicted octanol–water partition coefficient (Wildman–Crippen LogP) is 0.0382. The van der Waals surface area contributed by atoms with Crippen LogP contribution in [0.4, 0.5) is 0 Å². The average Bonchev–Trinajstić information content (AvgIpc) is 0. The normalized spacial score (nSPS) is 0. The summed E-state index contributed by atoms with van der Waals surface area (Å²) in [6, 6.07) is 0. The van der Waals surface area contributed by atoms with Gasteiger partial charge in [0.25, 0.3) is 0 Å². The van der Waals surface area contributed by atoms with E-state index in [-0.39, 0.29) is 45.2 Å². The fourth-order valence-electron chi connectivity index (χ4n) is 0. The van der Waals surface area contributed by atoms with Crippen LogP contribution in [0, 0.1) is 0 Å². The van der Waals surface area contributed by atoms with Crippen molar-refractivity contribution >= 4 is 0 Å². The molecule has 4 heteroatoms. The van der Waals surface area contributed by atoms with E-state index in [0.717, 1.165) is 0 Å². The van der Waals surface area contributed by atoms with Gasteiger partial charge in [0.05, 0.1) is 0 Å². The van der Waals surface area contributed by atoms with Crippen LogP contribution in [0.1, 0.15) is 0 Å². The summed E-state index contributed by atoms with van der Waals surface area (Å²) >= 11 is 0. The minimum absolute atomic E-state index is 0. The van der Waals surface area contributed by atoms with Crippen LogP contribution in [0.3, 0.4) is 0 Å². The maximum atomic E-state index is 0. The Bertz CT molecular complexity index is 8.00. The molecule has 0 unspecified atom stereocenters. The Balaban J connectivity index is 0. The van der Waals surface area contributed by atoms with Gasteiger partial charge in [-0.1, -0.05) is 0 Å². The SMILES string of the molecule is N.[Fe+2].[Ni+2].[O-2]. The van der Waals surface area contributed by atoms with Crippen LogP contribution in [0.15, 0.2) is 0 Å². The van der Waals surface area contributed by atoms with E-state index in [4.69, 9.17) is 0 Å². The molecule has 0 bridgehead atoms. The van der Waals surface area contributed by atoms with Crippen molar-refractivity contribution in [1.29, 1.82) is 0 Å². The molecular weight excluding hydrogens is 145 g/mol. The van der Waals surface area contributed by atoms with Crippen molar-refractivity contribution in [3.8, 4) is 0 Å². The molecule has 3 N–H and O–H groups in total. The second-order valence-corrected chi connectivity index (χ2v) is 0. The summed E-state index contributed by atoms with van der Waals surface area (Å²) in [4.78, 5) is 0. The van der Waals surface area contributed by atoms with Crippen LogP contribution >= 0.6 is 0 Å². The van der Waals surface area contributed by atoms with E-state index in [1.165, 1.54) is 0 Å². The molecule has 0 spiro atoms. The zero-order valence-electron chi connectivity index (χ0n) is 1.79. The molecule has 0 aliphatic carbocycles. The molecule has 0 aromatic carbocycles. The molecule has 0 atom stereocenters. The fourth-order valence-corrected chi connectivity index (χ4v) is 0. The van der Waals surface area contributed by atoms with E-state index in [0.29, 0.717) is 0 Å². The van der Waals surface area contributed by atoms with Gasteiger partial charge in [-0.2, -0.15) is 0 Å². The van der Waals surface area contributed by atoms with Crippen LogP contribution in [0.5, 0.6) is 0 Å². The van der Waals surface area contributed by atoms with E-state index in [1.54, 1.807) is 0 Å². The summed E-state index contributed by atoms with van der Waals surface area (Å²) in [6.45, 7) is 0. The second kappa shape index (κ2) is 38.9. The van der Waals surface area contributed by atoms with E-state index in [1.807, 2.05) is 0 Å². The van der Waals surface area contributed by atoms with E-state index in [2.05, 4.69) is 0 Å². The zero-order valence-corrected chi connectivity index (χ0v) is 3.88. The van der Waals surface area contributed by atoms with Crippen LogP contribution in [-0.4, -0.2) is 0 Å². The van der Waals surface area contributed by atoms with Gasteiger partial charge in [-0.15, -0.1) is 0 Å². The van der Waals surface area contributed by atoms with Crippen LogP contribution in [0.25, 0.3) is 0 Å². The summed E-state index contributed by atoms with van der Waals surface area (Å²) in [5, 5.41) is 0. The van der Waals surface area contributed by atoms with Gasteiger partial charge < -0.3 is 11.6 Å². The molecule has 2 nitrogen and oxygen atoms in total. The van der Waals surface area contributed by atoms with Crippen LogP contribution < -0.4 is 6.15 Å². The summed E-state index contributed by atoms with van der Waals surface area (Å²) in [5.41, 5.74) is 0. The molecule has 0 amide bonds. The van der Waals surface area contributed by atoms with Crippen molar-refractivity contribution in [3.63, 3.8) is 0 Å². The van der Waals surface area contributed by atoms with Crippen molar-refractivity contribution in [3.05, 3.63) is 0 Å². The molecule has 0 heterocycles. The Labute approximate surface area is 45.6 Å². The molecule has 0 rings (SSSR count). The Morgan fingerprint density at radius 1 is 1.00 bits per heavy atom. The minimum Gasteiger partial charge on any atom is -2.00 e. The third-order valence-electron chi connectivity index (χ3n) is 0. The van der Waals surface area contributed by atoms with Gasteiger partial charge in [0.1, 0.15) is 0 Å². The van der Waals surface area contributed by atoms with Gasteiger partial charge in [-0.3, -0.25) is 0 Å². The first kappa shape index (κ1) is 87.7. The zero-order chi connectivity index (χ0) is 0. The average molecular weight is 148 g/mol. The molecule has 0 radical (unpaired) electrons. The molecule has 0 saturated carbocycles. The summed E-state index contributed by atoms with van der Waals surface area (Å²) in [6.07, 6.45) is 0. The van der Waals surface area contributed by atoms with Crippen molar-refractivity contribution < 1.29 is 39.0 Å². The fraction of sp³-hybridized carbons (Fsp3) is 0. The van der Waals surface area contributed by atoms with Gasteiger partial charge in [0.2, 0.25) is 0 Å². The molecule has 30 valence electrons. The first-order valence-electron chi connectivity index (χ1n) is 0. The molecule has 0 aromatic rings. The van der Waals surface area contributed by atoms with Crippen molar-refractivity contribution in [2.45, 2.75) is 0 Å². The van der Waals surface area contributed by atoms with Crippen molar-refractivity contribution in [1.82, 2.24) is 6.15 Å². The Morgan fingerprint density at radius 3 is 1.00 bits per heavy atom. The second-order valence-electron chi connectivity index (χ2n) is 0. The van der Waals surface area contributed by atoms with Gasteiger partial charge in [-0.05, 0) is 0 Å². The standard InChI is InChI=1S/Fe.H3N.Ni.O/h;1H3;;/q+2;;+2;-2. The smallest absolute Gasteiger partial charge is 2.00 e. The Kier molecular flexibility index (Phi) is 852. The van der Waals surface area contributed by atoms with E-state index in [9.17, 15) is 0 Å². The van der Waals surface area contributed by atoms with E-state index < -0.39 is 0 Å². The summed E-state index contributed by atoms with van der Waals surface area (Å²) in [7, 11) is 0. The summed E-state index contributed by atoms with van der Waals surface area (Å²) < 4.78 is 0. The van der Waals surface area contributed by atoms with Crippen molar-refractivity contribution in [2.24, 2.45) is 0 Å². The van der Waals surface area contributed by atoms with Gasteiger partial charge >= 0.3 is 33.6 Å². The molecule has 0 fully saturated rings. The van der Waals surface area contributed by atoms with Crippen molar-refractivity contribution in [2.75, 3.05) is 0 Å². The molecule has 0 aliphatic rings. The maximum Gasteiger partial charge on any atom is 2.00 e. The maximum absolute atomic E-state index is 0. The third kappa shape index (κ3) is 12.6. The Hall–Kier alpha value is 0.933. The number of rotatable bonds is 0. The third-order valence-corrected chi connectivity index (χ3v) is 0. The number of hydrogen-bond donors (Lipinski definition) is 1. The van der Waals surface area contributed by atoms with Crippen LogP contribution in [-0.2, 0) is 39.0 Å². The largest absolute Gasteiger partial charge is 2.00 e. The molecule has 4 heavy (non-hydrogen) atoms. The molecule has 0 aromatic heterocycles. The Morgan fingerprint density at radius 2 is 1.00 bits per heavy atom. The quantitative estimate of drug-likeness (QED) is 0.483. The predicted molar refractivity (Wildman–Crippen MR) is 5.71 cm³/mol. The molecule has 0 aliphatic heterocycles. The summed E-state index contributed by atoms with van der Waals surface area (Å²) in [5.74, 6) is 0. The topological polar surface area (TPSA) is 63.5 Å².